The van der Waals surface area contributed by atoms with Gasteiger partial charge >= 0.3 is 0 Å². The number of imidazole rings is 1. The Morgan fingerprint density at radius 2 is 2.10 bits per heavy atom. The largest absolute Gasteiger partial charge is 0.279 e. The molecule has 0 aliphatic carbocycles. The minimum Gasteiger partial charge on any atom is -0.279 e. The Kier molecular flexibility index (Phi) is 3.36. The van der Waals surface area contributed by atoms with Gasteiger partial charge in [0.2, 0.25) is 0 Å². The van der Waals surface area contributed by atoms with Gasteiger partial charge in [-0.3, -0.25) is 4.57 Å². The molecule has 102 valence electrons. The summed E-state index contributed by atoms with van der Waals surface area (Å²) in [7, 11) is 0. The van der Waals surface area contributed by atoms with Gasteiger partial charge in [-0.15, -0.1) is 11.6 Å². The molecule has 3 rings (SSSR count). The molecule has 0 aliphatic heterocycles. The first kappa shape index (κ1) is 13.3. The fourth-order valence-corrected chi connectivity index (χ4v) is 2.48. The highest BCUT2D eigenvalue weighted by Gasteiger charge is 2.17. The number of pyridine rings is 1. The van der Waals surface area contributed by atoms with Crippen molar-refractivity contribution in [2.75, 3.05) is 0 Å². The number of hydrogen-bond donors (Lipinski definition) is 0. The van der Waals surface area contributed by atoms with Gasteiger partial charge in [-0.05, 0) is 37.3 Å². The first-order chi connectivity index (χ1) is 9.56. The molecule has 0 aliphatic rings. The third-order valence-electron chi connectivity index (χ3n) is 2.90. The molecule has 2 aromatic heterocycles. The molecular formula is C14H10Cl2FN3. The summed E-state index contributed by atoms with van der Waals surface area (Å²) in [4.78, 5) is 8.75. The number of halogens is 3. The molecule has 3 nitrogen and oxygen atoms in total. The molecule has 0 bridgehead atoms. The van der Waals surface area contributed by atoms with Crippen molar-refractivity contribution in [2.24, 2.45) is 0 Å². The molecular weight excluding hydrogens is 300 g/mol. The number of hydrogen-bond acceptors (Lipinski definition) is 2. The lowest BCUT2D eigenvalue weighted by Gasteiger charge is -2.10. The van der Waals surface area contributed by atoms with Crippen LogP contribution in [0.15, 0.2) is 36.5 Å². The van der Waals surface area contributed by atoms with E-state index in [9.17, 15) is 4.39 Å². The number of benzene rings is 1. The molecule has 0 fully saturated rings. The van der Waals surface area contributed by atoms with E-state index in [0.717, 1.165) is 0 Å². The van der Waals surface area contributed by atoms with E-state index in [0.29, 0.717) is 27.7 Å². The van der Waals surface area contributed by atoms with Crippen LogP contribution in [-0.2, 0) is 0 Å². The van der Waals surface area contributed by atoms with Gasteiger partial charge < -0.3 is 0 Å². The zero-order valence-electron chi connectivity index (χ0n) is 10.5. The second-order valence-corrected chi connectivity index (χ2v) is 5.49. The van der Waals surface area contributed by atoms with Crippen molar-refractivity contribution < 1.29 is 4.39 Å². The fraction of sp³-hybridized carbons (Fsp3) is 0.143. The third-order valence-corrected chi connectivity index (χ3v) is 3.32. The molecule has 1 unspecified atom stereocenters. The van der Waals surface area contributed by atoms with E-state index in [-0.39, 0.29) is 5.38 Å². The lowest BCUT2D eigenvalue weighted by molar-refractivity contribution is 0.626. The summed E-state index contributed by atoms with van der Waals surface area (Å²) in [6.45, 7) is 1.81. The summed E-state index contributed by atoms with van der Waals surface area (Å²) >= 11 is 12.1. The van der Waals surface area contributed by atoms with Crippen molar-refractivity contribution in [2.45, 2.75) is 12.3 Å². The second kappa shape index (κ2) is 5.04. The molecule has 3 aromatic rings. The number of fused-ring (bicyclic) bond motifs is 1. The Hall–Kier alpha value is -1.65. The van der Waals surface area contributed by atoms with E-state index in [2.05, 4.69) is 9.97 Å². The average Bonchev–Trinajstić information content (AvgIpc) is 2.77. The van der Waals surface area contributed by atoms with Crippen LogP contribution in [0, 0.1) is 5.82 Å². The van der Waals surface area contributed by atoms with Crippen LogP contribution >= 0.6 is 23.2 Å². The standard InChI is InChI=1S/C14H10Cl2FN3/c1-8(15)13-19-12-3-2-4-18-14(12)20(13)11-6-9(16)5-10(17)7-11/h2-8H,1H3. The van der Waals surface area contributed by atoms with Crippen molar-refractivity contribution in [1.82, 2.24) is 14.5 Å². The molecule has 0 amide bonds. The zero-order valence-corrected chi connectivity index (χ0v) is 12.0. The maximum absolute atomic E-state index is 13.6. The summed E-state index contributed by atoms with van der Waals surface area (Å²) in [5.41, 5.74) is 1.88. The first-order valence-electron chi connectivity index (χ1n) is 6.00. The van der Waals surface area contributed by atoms with E-state index in [4.69, 9.17) is 23.2 Å². The summed E-state index contributed by atoms with van der Waals surface area (Å²) < 4.78 is 15.3. The van der Waals surface area contributed by atoms with Crippen LogP contribution in [0.1, 0.15) is 18.1 Å². The van der Waals surface area contributed by atoms with Crippen LogP contribution in [0.5, 0.6) is 0 Å². The van der Waals surface area contributed by atoms with Crippen molar-refractivity contribution in [1.29, 1.82) is 0 Å². The minimum absolute atomic E-state index is 0.311. The van der Waals surface area contributed by atoms with E-state index >= 15 is 0 Å². The molecule has 0 radical (unpaired) electrons. The normalized spacial score (nSPS) is 12.8. The topological polar surface area (TPSA) is 30.7 Å². The molecule has 0 spiro atoms. The van der Waals surface area contributed by atoms with Gasteiger partial charge in [-0.1, -0.05) is 11.6 Å². The van der Waals surface area contributed by atoms with E-state index in [1.54, 1.807) is 29.8 Å². The zero-order chi connectivity index (χ0) is 14.3. The lowest BCUT2D eigenvalue weighted by atomic mass is 10.3. The van der Waals surface area contributed by atoms with E-state index < -0.39 is 5.82 Å². The molecule has 1 aromatic carbocycles. The Balaban J connectivity index is 2.36. The molecule has 0 N–H and O–H groups in total. The van der Waals surface area contributed by atoms with Crippen molar-refractivity contribution in [3.05, 3.63) is 53.2 Å². The maximum Gasteiger partial charge on any atom is 0.164 e. The first-order valence-corrected chi connectivity index (χ1v) is 6.81. The monoisotopic (exact) mass is 309 g/mol. The van der Waals surface area contributed by atoms with Crippen LogP contribution in [0.3, 0.4) is 0 Å². The molecule has 1 atom stereocenters. The predicted octanol–water partition coefficient (Wildman–Crippen LogP) is 4.51. The quantitative estimate of drug-likeness (QED) is 0.652. The molecule has 6 heteroatoms. The van der Waals surface area contributed by atoms with Gasteiger partial charge in [0.05, 0.1) is 11.1 Å². The highest BCUT2D eigenvalue weighted by Crippen LogP contribution is 2.28. The van der Waals surface area contributed by atoms with Gasteiger partial charge in [-0.2, -0.15) is 0 Å². The summed E-state index contributed by atoms with van der Waals surface area (Å²) in [5, 5.41) is -0.0304. The lowest BCUT2D eigenvalue weighted by Crippen LogP contribution is -2.03. The summed E-state index contributed by atoms with van der Waals surface area (Å²) in [6.07, 6.45) is 1.66. The molecule has 0 saturated heterocycles. The number of alkyl halides is 1. The summed E-state index contributed by atoms with van der Waals surface area (Å²) in [6, 6.07) is 7.92. The van der Waals surface area contributed by atoms with Gasteiger partial charge in [0, 0.05) is 11.2 Å². The number of rotatable bonds is 2. The second-order valence-electron chi connectivity index (χ2n) is 4.40. The summed E-state index contributed by atoms with van der Waals surface area (Å²) in [5.74, 6) is 0.181. The fourth-order valence-electron chi connectivity index (χ4n) is 2.12. The number of nitrogens with zero attached hydrogens (tertiary/aromatic N) is 3. The van der Waals surface area contributed by atoms with E-state index in [1.165, 1.54) is 12.1 Å². The van der Waals surface area contributed by atoms with Gasteiger partial charge in [0.1, 0.15) is 17.2 Å². The minimum atomic E-state index is -0.418. The van der Waals surface area contributed by atoms with E-state index in [1.807, 2.05) is 6.07 Å². The Morgan fingerprint density at radius 3 is 2.80 bits per heavy atom. The number of aromatic nitrogens is 3. The van der Waals surface area contributed by atoms with Crippen molar-refractivity contribution in [3.8, 4) is 5.69 Å². The van der Waals surface area contributed by atoms with Crippen LogP contribution in [0.4, 0.5) is 4.39 Å². The Morgan fingerprint density at radius 1 is 1.30 bits per heavy atom. The average molecular weight is 310 g/mol. The van der Waals surface area contributed by atoms with Gasteiger partial charge in [-0.25, -0.2) is 14.4 Å². The van der Waals surface area contributed by atoms with Crippen LogP contribution in [-0.4, -0.2) is 14.5 Å². The highest BCUT2D eigenvalue weighted by atomic mass is 35.5. The molecule has 0 saturated carbocycles. The van der Waals surface area contributed by atoms with Crippen molar-refractivity contribution in [3.63, 3.8) is 0 Å². The molecule has 2 heterocycles. The SMILES string of the molecule is CC(Cl)c1nc2cccnc2n1-c1cc(F)cc(Cl)c1. The third kappa shape index (κ3) is 2.25. The molecule has 20 heavy (non-hydrogen) atoms. The van der Waals surface area contributed by atoms with Gasteiger partial charge in [0.15, 0.2) is 5.65 Å². The van der Waals surface area contributed by atoms with Gasteiger partial charge in [0.25, 0.3) is 0 Å². The maximum atomic E-state index is 13.6. The highest BCUT2D eigenvalue weighted by molar-refractivity contribution is 6.30. The smallest absolute Gasteiger partial charge is 0.164 e. The van der Waals surface area contributed by atoms with Crippen LogP contribution < -0.4 is 0 Å². The Labute approximate surface area is 125 Å². The van der Waals surface area contributed by atoms with Crippen LogP contribution in [0.25, 0.3) is 16.9 Å². The predicted molar refractivity (Wildman–Crippen MR) is 78.1 cm³/mol. The van der Waals surface area contributed by atoms with Crippen molar-refractivity contribution >= 4 is 34.4 Å². The van der Waals surface area contributed by atoms with Crippen LogP contribution in [0.2, 0.25) is 5.02 Å². The Bertz CT molecular complexity index is 763.